The van der Waals surface area contributed by atoms with Crippen LogP contribution in [0.1, 0.15) is 44.6 Å². The van der Waals surface area contributed by atoms with Gasteiger partial charge in [0.05, 0.1) is 18.4 Å². The monoisotopic (exact) mass is 328 g/mol. The lowest BCUT2D eigenvalue weighted by molar-refractivity contribution is -0.116. The minimum atomic E-state index is 0.0485. The first-order chi connectivity index (χ1) is 11.7. The molecule has 0 bridgehead atoms. The van der Waals surface area contributed by atoms with E-state index in [1.54, 1.807) is 6.20 Å². The molecule has 0 spiro atoms. The Labute approximate surface area is 144 Å². The predicted molar refractivity (Wildman–Crippen MR) is 97.7 cm³/mol. The molecule has 1 unspecified atom stereocenters. The Morgan fingerprint density at radius 2 is 2.04 bits per heavy atom. The maximum Gasteiger partial charge on any atom is 0.224 e. The van der Waals surface area contributed by atoms with Crippen molar-refractivity contribution in [2.24, 2.45) is 11.7 Å². The molecule has 1 aromatic carbocycles. The summed E-state index contributed by atoms with van der Waals surface area (Å²) in [6.07, 6.45) is 8.27. The van der Waals surface area contributed by atoms with Gasteiger partial charge < -0.3 is 11.1 Å². The van der Waals surface area contributed by atoms with E-state index >= 15 is 0 Å². The molecule has 0 fully saturated rings. The van der Waals surface area contributed by atoms with E-state index in [1.165, 1.54) is 5.56 Å². The molecule has 0 aliphatic carbocycles. The number of nitrogens with one attached hydrogen (secondary N) is 1. The normalized spacial score (nSPS) is 12.1. The number of nitrogens with zero attached hydrogens (tertiary/aromatic N) is 2. The van der Waals surface area contributed by atoms with Gasteiger partial charge in [-0.25, -0.2) is 0 Å². The fourth-order valence-electron chi connectivity index (χ4n) is 2.92. The van der Waals surface area contributed by atoms with E-state index in [1.807, 2.05) is 29.1 Å². The minimum absolute atomic E-state index is 0.0485. The molecular weight excluding hydrogens is 300 g/mol. The summed E-state index contributed by atoms with van der Waals surface area (Å²) in [5.41, 5.74) is 7.58. The van der Waals surface area contributed by atoms with E-state index in [2.05, 4.69) is 29.5 Å². The van der Waals surface area contributed by atoms with Gasteiger partial charge in [0.2, 0.25) is 5.91 Å². The van der Waals surface area contributed by atoms with Gasteiger partial charge in [0.1, 0.15) is 0 Å². The second kappa shape index (κ2) is 9.88. The Kier molecular flexibility index (Phi) is 7.49. The number of carbonyl (C=O) groups excluding carboxylic acids is 1. The van der Waals surface area contributed by atoms with Crippen molar-refractivity contribution in [1.29, 1.82) is 0 Å². The third kappa shape index (κ3) is 6.16. The molecule has 2 aromatic rings. The van der Waals surface area contributed by atoms with E-state index in [0.717, 1.165) is 31.4 Å². The molecule has 0 aliphatic rings. The molecule has 3 N–H and O–H groups in total. The maximum atomic E-state index is 12.1. The topological polar surface area (TPSA) is 72.9 Å². The number of nitrogens with two attached hydrogens (primary N) is 1. The molecule has 0 aliphatic heterocycles. The number of benzene rings is 1. The van der Waals surface area contributed by atoms with Crippen LogP contribution in [0.15, 0.2) is 42.7 Å². The van der Waals surface area contributed by atoms with E-state index < -0.39 is 0 Å². The van der Waals surface area contributed by atoms with Crippen molar-refractivity contribution in [3.8, 4) is 0 Å². The van der Waals surface area contributed by atoms with E-state index in [9.17, 15) is 4.79 Å². The summed E-state index contributed by atoms with van der Waals surface area (Å²) in [6, 6.07) is 10.1. The minimum Gasteiger partial charge on any atom is -0.330 e. The predicted octanol–water partition coefficient (Wildman–Crippen LogP) is 3.42. The van der Waals surface area contributed by atoms with Gasteiger partial charge in [-0.3, -0.25) is 9.48 Å². The highest BCUT2D eigenvalue weighted by Gasteiger charge is 2.11. The zero-order valence-electron chi connectivity index (χ0n) is 14.4. The molecule has 2 rings (SSSR count). The molecular formula is C19H28N4O. The zero-order valence-corrected chi connectivity index (χ0v) is 14.4. The molecule has 130 valence electrons. The first-order valence-corrected chi connectivity index (χ1v) is 8.77. The number of aromatic nitrogens is 2. The molecule has 1 aromatic heterocycles. The molecule has 24 heavy (non-hydrogen) atoms. The highest BCUT2D eigenvalue weighted by atomic mass is 16.1. The lowest BCUT2D eigenvalue weighted by atomic mass is 9.94. The lowest BCUT2D eigenvalue weighted by Gasteiger charge is -2.14. The maximum absolute atomic E-state index is 12.1. The van der Waals surface area contributed by atoms with Crippen molar-refractivity contribution < 1.29 is 4.79 Å². The number of hydrogen-bond donors (Lipinski definition) is 2. The summed E-state index contributed by atoms with van der Waals surface area (Å²) in [5, 5.41) is 7.24. The third-order valence-electron chi connectivity index (χ3n) is 4.16. The lowest BCUT2D eigenvalue weighted by Crippen LogP contribution is -2.15. The van der Waals surface area contributed by atoms with E-state index in [-0.39, 0.29) is 5.91 Å². The van der Waals surface area contributed by atoms with Crippen molar-refractivity contribution >= 4 is 11.6 Å². The average molecular weight is 328 g/mol. The van der Waals surface area contributed by atoms with Crippen molar-refractivity contribution in [2.45, 2.75) is 45.6 Å². The summed E-state index contributed by atoms with van der Waals surface area (Å²) in [7, 11) is 0. The number of amides is 1. The van der Waals surface area contributed by atoms with Crippen LogP contribution in [0.4, 0.5) is 5.69 Å². The summed E-state index contributed by atoms with van der Waals surface area (Å²) < 4.78 is 1.83. The molecule has 0 radical (unpaired) electrons. The highest BCUT2D eigenvalue weighted by molar-refractivity contribution is 5.90. The van der Waals surface area contributed by atoms with Gasteiger partial charge in [-0.2, -0.15) is 5.10 Å². The van der Waals surface area contributed by atoms with Crippen LogP contribution in [-0.4, -0.2) is 22.2 Å². The van der Waals surface area contributed by atoms with Crippen molar-refractivity contribution in [2.75, 3.05) is 11.9 Å². The van der Waals surface area contributed by atoms with Gasteiger partial charge in [-0.05, 0) is 30.9 Å². The van der Waals surface area contributed by atoms with Gasteiger partial charge >= 0.3 is 0 Å². The fraction of sp³-hybridized carbons (Fsp3) is 0.474. The third-order valence-corrected chi connectivity index (χ3v) is 4.16. The summed E-state index contributed by atoms with van der Waals surface area (Å²) in [5.74, 6) is 0.596. The van der Waals surface area contributed by atoms with E-state index in [4.69, 9.17) is 5.73 Å². The summed E-state index contributed by atoms with van der Waals surface area (Å²) >= 11 is 0. The van der Waals surface area contributed by atoms with Crippen LogP contribution in [0.2, 0.25) is 0 Å². The van der Waals surface area contributed by atoms with Crippen molar-refractivity contribution in [3.63, 3.8) is 0 Å². The second-order valence-electron chi connectivity index (χ2n) is 6.23. The Bertz CT molecular complexity index is 603. The summed E-state index contributed by atoms with van der Waals surface area (Å²) in [6.45, 7) is 3.56. The van der Waals surface area contributed by atoms with Gasteiger partial charge in [0.25, 0.3) is 0 Å². The van der Waals surface area contributed by atoms with Gasteiger partial charge in [0.15, 0.2) is 0 Å². The number of hydrogen-bond acceptors (Lipinski definition) is 3. The van der Waals surface area contributed by atoms with Gasteiger partial charge in [0, 0.05) is 12.6 Å². The van der Waals surface area contributed by atoms with Crippen LogP contribution >= 0.6 is 0 Å². The Balaban J connectivity index is 1.79. The van der Waals surface area contributed by atoms with Crippen LogP contribution < -0.4 is 11.1 Å². The molecule has 5 heteroatoms. The highest BCUT2D eigenvalue weighted by Crippen LogP contribution is 2.17. The van der Waals surface area contributed by atoms with Crippen LogP contribution in [-0.2, 0) is 11.3 Å². The first-order valence-electron chi connectivity index (χ1n) is 8.77. The molecule has 1 heterocycles. The Hall–Kier alpha value is -2.14. The van der Waals surface area contributed by atoms with Crippen molar-refractivity contribution in [3.05, 3.63) is 48.3 Å². The van der Waals surface area contributed by atoms with Crippen LogP contribution in [0.5, 0.6) is 0 Å². The SMILES string of the molecule is CCCC(CCN)CCC(=O)Nc1cnn(Cc2ccccc2)c1. The first kappa shape index (κ1) is 18.2. The van der Waals surface area contributed by atoms with Crippen LogP contribution in [0.25, 0.3) is 0 Å². The molecule has 1 atom stereocenters. The fourth-order valence-corrected chi connectivity index (χ4v) is 2.92. The average Bonchev–Trinajstić information content (AvgIpc) is 3.01. The Morgan fingerprint density at radius 1 is 1.25 bits per heavy atom. The number of rotatable bonds is 10. The number of anilines is 1. The standard InChI is InChI=1S/C19H28N4O/c1-2-6-16(11-12-20)9-10-19(24)22-18-13-21-23(15-18)14-17-7-4-3-5-8-17/h3-5,7-8,13,15-16H,2,6,9-12,14,20H2,1H3,(H,22,24). The zero-order chi connectivity index (χ0) is 17.2. The van der Waals surface area contributed by atoms with Crippen LogP contribution in [0, 0.1) is 5.92 Å². The molecule has 1 amide bonds. The largest absolute Gasteiger partial charge is 0.330 e. The second-order valence-corrected chi connectivity index (χ2v) is 6.23. The quantitative estimate of drug-likeness (QED) is 0.702. The van der Waals surface area contributed by atoms with Gasteiger partial charge in [-0.1, -0.05) is 50.1 Å². The summed E-state index contributed by atoms with van der Waals surface area (Å²) in [4.78, 5) is 12.1. The van der Waals surface area contributed by atoms with Gasteiger partial charge in [-0.15, -0.1) is 0 Å². The molecule has 5 nitrogen and oxygen atoms in total. The molecule has 0 saturated heterocycles. The Morgan fingerprint density at radius 3 is 2.75 bits per heavy atom. The molecule has 0 saturated carbocycles. The van der Waals surface area contributed by atoms with Crippen LogP contribution in [0.3, 0.4) is 0 Å². The number of carbonyl (C=O) groups is 1. The van der Waals surface area contributed by atoms with Crippen molar-refractivity contribution in [1.82, 2.24) is 9.78 Å². The smallest absolute Gasteiger partial charge is 0.224 e. The van der Waals surface area contributed by atoms with E-state index in [0.29, 0.717) is 25.4 Å².